The van der Waals surface area contributed by atoms with Crippen LogP contribution in [0.1, 0.15) is 20.8 Å². The van der Waals surface area contributed by atoms with E-state index < -0.39 is 0 Å². The molecule has 184 valence electrons. The van der Waals surface area contributed by atoms with Gasteiger partial charge in [-0.25, -0.2) is 9.99 Å². The monoisotopic (exact) mass is 500 g/mol. The maximum absolute atomic E-state index is 13.6. The molecule has 8 nitrogen and oxygen atoms in total. The normalized spacial score (nSPS) is 14.9. The Morgan fingerprint density at radius 2 is 1.71 bits per heavy atom. The Kier molecular flexibility index (Phi) is 5.04. The summed E-state index contributed by atoms with van der Waals surface area (Å²) in [6.07, 6.45) is 5.14. The first kappa shape index (κ1) is 22.0. The second-order valence-corrected chi connectivity index (χ2v) is 8.96. The first-order valence-corrected chi connectivity index (χ1v) is 12.1. The fraction of sp³-hybridized carbons (Fsp3) is 0.0667. The molecule has 38 heavy (non-hydrogen) atoms. The summed E-state index contributed by atoms with van der Waals surface area (Å²) < 4.78 is 12.5. The van der Waals surface area contributed by atoms with Crippen LogP contribution in [0.3, 0.4) is 0 Å². The van der Waals surface area contributed by atoms with Crippen LogP contribution in [0, 0.1) is 0 Å². The highest BCUT2D eigenvalue weighted by atomic mass is 16.7. The van der Waals surface area contributed by atoms with E-state index in [0.717, 1.165) is 22.0 Å². The number of allylic oxidation sites excluding steroid dienone is 1. The van der Waals surface area contributed by atoms with Gasteiger partial charge in [0.25, 0.3) is 11.8 Å². The Balaban J connectivity index is 1.36. The van der Waals surface area contributed by atoms with Crippen LogP contribution in [0.5, 0.6) is 11.5 Å². The highest BCUT2D eigenvalue weighted by Gasteiger charge is 2.35. The summed E-state index contributed by atoms with van der Waals surface area (Å²) in [7, 11) is 0. The molecule has 0 radical (unpaired) electrons. The largest absolute Gasteiger partial charge is 0.454 e. The third-order valence-corrected chi connectivity index (χ3v) is 6.67. The second kappa shape index (κ2) is 8.70. The predicted octanol–water partition coefficient (Wildman–Crippen LogP) is 5.33. The number of rotatable bonds is 4. The Hall–Kier alpha value is -5.24. The van der Waals surface area contributed by atoms with Crippen LogP contribution in [-0.2, 0) is 0 Å². The van der Waals surface area contributed by atoms with E-state index in [-0.39, 0.29) is 30.8 Å². The first-order valence-electron chi connectivity index (χ1n) is 12.1. The summed E-state index contributed by atoms with van der Waals surface area (Å²) in [6, 6.07) is 24.7. The van der Waals surface area contributed by atoms with Crippen molar-refractivity contribution in [2.24, 2.45) is 5.10 Å². The quantitative estimate of drug-likeness (QED) is 0.311. The lowest BCUT2D eigenvalue weighted by atomic mass is 9.99. The molecule has 4 aliphatic heterocycles. The van der Waals surface area contributed by atoms with Crippen molar-refractivity contribution in [3.63, 3.8) is 0 Å². The minimum absolute atomic E-state index is 0.135. The van der Waals surface area contributed by atoms with E-state index in [1.54, 1.807) is 18.2 Å². The SMILES string of the molecule is O=C1c2cc3c4ccccc4nc-3c(-c3ccc4c(c3)OCO4)n2C(=O)CN1/N=C/C=C/c1ccccc1. The molecule has 8 heteroatoms. The lowest BCUT2D eigenvalue weighted by Gasteiger charge is -2.28. The van der Waals surface area contributed by atoms with Crippen molar-refractivity contribution in [2.45, 2.75) is 0 Å². The van der Waals surface area contributed by atoms with Gasteiger partial charge in [0.15, 0.2) is 11.5 Å². The number of benzene rings is 3. The molecule has 7 rings (SSSR count). The summed E-state index contributed by atoms with van der Waals surface area (Å²) in [6.45, 7) is -0.0642. The minimum atomic E-state index is -0.372. The molecule has 0 saturated heterocycles. The van der Waals surface area contributed by atoms with Gasteiger partial charge in [-0.3, -0.25) is 14.2 Å². The Labute approximate surface area is 217 Å². The summed E-state index contributed by atoms with van der Waals surface area (Å²) >= 11 is 0. The van der Waals surface area contributed by atoms with E-state index >= 15 is 0 Å². The van der Waals surface area contributed by atoms with Gasteiger partial charge in [0, 0.05) is 22.7 Å². The molecule has 3 aromatic carbocycles. The van der Waals surface area contributed by atoms with Gasteiger partial charge in [-0.05, 0) is 42.0 Å². The number of aromatic nitrogens is 2. The fourth-order valence-electron chi connectivity index (χ4n) is 4.92. The number of pyridine rings is 1. The number of amides is 1. The highest BCUT2D eigenvalue weighted by Crippen LogP contribution is 2.43. The molecule has 0 atom stereocenters. The number of carbonyl (C=O) groups is 2. The zero-order valence-corrected chi connectivity index (χ0v) is 20.1. The van der Waals surface area contributed by atoms with Crippen molar-refractivity contribution < 1.29 is 19.1 Å². The number of fused-ring (bicyclic) bond motifs is 5. The Morgan fingerprint density at radius 1 is 0.895 bits per heavy atom. The maximum Gasteiger partial charge on any atom is 0.291 e. The van der Waals surface area contributed by atoms with E-state index in [1.165, 1.54) is 15.8 Å². The molecule has 0 spiro atoms. The van der Waals surface area contributed by atoms with Crippen LogP contribution >= 0.6 is 0 Å². The molecule has 4 heterocycles. The maximum atomic E-state index is 13.6. The van der Waals surface area contributed by atoms with Gasteiger partial charge in [-0.2, -0.15) is 5.10 Å². The van der Waals surface area contributed by atoms with Gasteiger partial charge in [0.1, 0.15) is 12.2 Å². The van der Waals surface area contributed by atoms with Crippen molar-refractivity contribution in [3.8, 4) is 34.0 Å². The summed E-state index contributed by atoms with van der Waals surface area (Å²) in [5.74, 6) is 0.552. The summed E-state index contributed by atoms with van der Waals surface area (Å²) in [4.78, 5) is 32.1. The van der Waals surface area contributed by atoms with Crippen LogP contribution < -0.4 is 9.47 Å². The Bertz CT molecular complexity index is 1770. The number of ether oxygens (including phenoxy) is 2. The molecule has 0 N–H and O–H groups in total. The van der Waals surface area contributed by atoms with E-state index in [0.29, 0.717) is 28.5 Å². The van der Waals surface area contributed by atoms with Gasteiger partial charge in [-0.15, -0.1) is 0 Å². The second-order valence-electron chi connectivity index (χ2n) is 8.96. The van der Waals surface area contributed by atoms with Gasteiger partial charge in [-0.1, -0.05) is 54.6 Å². The third-order valence-electron chi connectivity index (χ3n) is 6.67. The molecule has 0 fully saturated rings. The van der Waals surface area contributed by atoms with Gasteiger partial charge in [0.2, 0.25) is 6.79 Å². The van der Waals surface area contributed by atoms with Crippen molar-refractivity contribution in [3.05, 3.63) is 96.2 Å². The average Bonchev–Trinajstić information content (AvgIpc) is 3.57. The zero-order chi connectivity index (χ0) is 25.6. The van der Waals surface area contributed by atoms with Crippen molar-refractivity contribution in [2.75, 3.05) is 13.3 Å². The minimum Gasteiger partial charge on any atom is -0.454 e. The predicted molar refractivity (Wildman–Crippen MR) is 144 cm³/mol. The van der Waals surface area contributed by atoms with Crippen LogP contribution in [0.25, 0.3) is 39.5 Å². The summed E-state index contributed by atoms with van der Waals surface area (Å²) in [5, 5.41) is 6.39. The lowest BCUT2D eigenvalue weighted by Crippen LogP contribution is -2.43. The fourth-order valence-corrected chi connectivity index (χ4v) is 4.92. The topological polar surface area (TPSA) is 86.0 Å². The number of carbonyl (C=O) groups excluding carboxylic acids is 2. The molecule has 0 aromatic heterocycles. The molecule has 0 bridgehead atoms. The number of hydrogen-bond acceptors (Lipinski definition) is 6. The number of nitrogens with zero attached hydrogens (tertiary/aromatic N) is 4. The van der Waals surface area contributed by atoms with E-state index in [1.807, 2.05) is 72.8 Å². The van der Waals surface area contributed by atoms with Crippen molar-refractivity contribution in [1.29, 1.82) is 0 Å². The number of hydrazone groups is 1. The molecular formula is C30H20N4O4. The van der Waals surface area contributed by atoms with E-state index in [4.69, 9.17) is 14.5 Å². The van der Waals surface area contributed by atoms with Crippen LogP contribution in [-0.4, -0.2) is 45.9 Å². The molecule has 0 aliphatic carbocycles. The third kappa shape index (κ3) is 3.54. The standard InChI is InChI=1S/C30H20N4O4/c35-27-17-33(31-14-6-9-19-7-2-1-3-8-19)30(36)24-16-22-21-10-4-5-11-23(21)32-28(22)29(34(24)27)20-12-13-25-26(15-20)38-18-37-25/h1-16H,17-18H2/b9-6+,31-14+. The molecule has 3 aromatic rings. The van der Waals surface area contributed by atoms with Crippen LogP contribution in [0.15, 0.2) is 90.0 Å². The first-order chi connectivity index (χ1) is 18.7. The van der Waals surface area contributed by atoms with Gasteiger partial charge < -0.3 is 9.47 Å². The zero-order valence-electron chi connectivity index (χ0n) is 20.1. The van der Waals surface area contributed by atoms with Gasteiger partial charge >= 0.3 is 0 Å². The molecule has 0 saturated carbocycles. The number of para-hydroxylation sites is 1. The average molecular weight is 501 g/mol. The molecule has 4 aliphatic rings. The molecular weight excluding hydrogens is 480 g/mol. The Morgan fingerprint density at radius 3 is 2.61 bits per heavy atom. The van der Waals surface area contributed by atoms with Crippen molar-refractivity contribution >= 4 is 35.0 Å². The van der Waals surface area contributed by atoms with Gasteiger partial charge in [0.05, 0.1) is 16.9 Å². The molecule has 1 amide bonds. The van der Waals surface area contributed by atoms with Crippen molar-refractivity contribution in [1.82, 2.24) is 14.6 Å². The smallest absolute Gasteiger partial charge is 0.291 e. The lowest BCUT2D eigenvalue weighted by molar-refractivity contribution is 0.0625. The summed E-state index contributed by atoms with van der Waals surface area (Å²) in [5.41, 5.74) is 4.68. The van der Waals surface area contributed by atoms with E-state index in [2.05, 4.69) is 5.10 Å². The highest BCUT2D eigenvalue weighted by molar-refractivity contribution is 6.10. The van der Waals surface area contributed by atoms with E-state index in [9.17, 15) is 9.59 Å². The number of hydrogen-bond donors (Lipinski definition) is 0. The molecule has 0 unspecified atom stereocenters. The van der Waals surface area contributed by atoms with Crippen LogP contribution in [0.2, 0.25) is 0 Å². The van der Waals surface area contributed by atoms with Crippen LogP contribution in [0.4, 0.5) is 0 Å².